The van der Waals surface area contributed by atoms with E-state index < -0.39 is 0 Å². The minimum absolute atomic E-state index is 0. The third-order valence-corrected chi connectivity index (χ3v) is 7.17. The van der Waals surface area contributed by atoms with Gasteiger partial charge in [0.15, 0.2) is 0 Å². The zero-order valence-corrected chi connectivity index (χ0v) is 21.2. The van der Waals surface area contributed by atoms with Crippen LogP contribution in [0.15, 0.2) is 42.5 Å². The molecule has 0 heterocycles. The quantitative estimate of drug-likeness (QED) is 0.233. The predicted octanol–water partition coefficient (Wildman–Crippen LogP) is -4.24. The Hall–Kier alpha value is 0.631. The van der Waals surface area contributed by atoms with Crippen LogP contribution in [0.5, 0.6) is 0 Å². The van der Waals surface area contributed by atoms with Crippen molar-refractivity contribution in [3.8, 4) is 0 Å². The van der Waals surface area contributed by atoms with Gasteiger partial charge in [-0.3, -0.25) is 0 Å². The first-order valence-electron chi connectivity index (χ1n) is 8.56. The average molecular weight is 454 g/mol. The zero-order valence-electron chi connectivity index (χ0n) is 15.9. The monoisotopic (exact) mass is 452 g/mol. The summed E-state index contributed by atoms with van der Waals surface area (Å²) in [4.78, 5) is 0. The van der Waals surface area contributed by atoms with Crippen molar-refractivity contribution in [3.63, 3.8) is 0 Å². The number of unbranched alkanes of at least 4 members (excludes halogenated alkanes) is 2. The van der Waals surface area contributed by atoms with Crippen LogP contribution in [-0.2, 0) is 27.1 Å². The molecule has 0 N–H and O–H groups in total. The molecule has 0 spiro atoms. The van der Waals surface area contributed by atoms with Crippen LogP contribution in [0.2, 0.25) is 5.04 Å². The van der Waals surface area contributed by atoms with Gasteiger partial charge in [0, 0.05) is 9.52 Å². The Kier molecular flexibility index (Phi) is 16.7. The van der Waals surface area contributed by atoms with Gasteiger partial charge >= 0.3 is 21.7 Å². The summed E-state index contributed by atoms with van der Waals surface area (Å²) in [5.41, 5.74) is 1.79. The Morgan fingerprint density at radius 2 is 1.80 bits per heavy atom. The number of halogens is 3. The smallest absolute Gasteiger partial charge is 1.00 e. The van der Waals surface area contributed by atoms with Crippen molar-refractivity contribution < 1.29 is 58.9 Å². The molecule has 0 aliphatic heterocycles. The minimum Gasteiger partial charge on any atom is -1.00 e. The van der Waals surface area contributed by atoms with Gasteiger partial charge < -0.3 is 37.2 Å². The normalized spacial score (nSPS) is 18.9. The van der Waals surface area contributed by atoms with Gasteiger partial charge in [0.1, 0.15) is 0 Å². The van der Waals surface area contributed by atoms with Crippen molar-refractivity contribution in [3.05, 3.63) is 48.1 Å². The fourth-order valence-electron chi connectivity index (χ4n) is 3.32. The summed E-state index contributed by atoms with van der Waals surface area (Å²) in [7, 11) is -0.267. The Morgan fingerprint density at radius 1 is 1.12 bits per heavy atom. The van der Waals surface area contributed by atoms with Crippen LogP contribution < -0.4 is 42.4 Å². The molecule has 0 saturated carbocycles. The van der Waals surface area contributed by atoms with Crippen LogP contribution >= 0.6 is 0 Å². The van der Waals surface area contributed by atoms with Crippen LogP contribution in [0.4, 0.5) is 0 Å². The number of allylic oxidation sites excluding steroid dienone is 4. The first-order valence-corrected chi connectivity index (χ1v) is 9.97. The molecular formula is C20H31Cl3SiTi. The predicted molar refractivity (Wildman–Crippen MR) is 98.6 cm³/mol. The van der Waals surface area contributed by atoms with E-state index in [0.717, 1.165) is 0 Å². The maximum atomic E-state index is 2.53. The van der Waals surface area contributed by atoms with E-state index in [2.05, 4.69) is 70.2 Å². The summed E-state index contributed by atoms with van der Waals surface area (Å²) in [6.07, 6.45) is 16.1. The molecule has 25 heavy (non-hydrogen) atoms. The average Bonchev–Trinajstić information content (AvgIpc) is 2.88. The van der Waals surface area contributed by atoms with E-state index in [1.165, 1.54) is 37.7 Å². The summed E-state index contributed by atoms with van der Waals surface area (Å²) in [5, 5.41) is 2.14. The van der Waals surface area contributed by atoms with Gasteiger partial charge in [-0.05, 0) is 17.9 Å². The summed E-state index contributed by atoms with van der Waals surface area (Å²) < 4.78 is 0. The second-order valence-electron chi connectivity index (χ2n) is 7.75. The fourth-order valence-corrected chi connectivity index (χ4v) is 5.68. The van der Waals surface area contributed by atoms with Gasteiger partial charge in [-0.15, -0.1) is 0 Å². The molecule has 0 nitrogen and oxygen atoms in total. The van der Waals surface area contributed by atoms with Crippen molar-refractivity contribution in [2.45, 2.75) is 70.3 Å². The van der Waals surface area contributed by atoms with Gasteiger partial charge in [0.25, 0.3) is 0 Å². The van der Waals surface area contributed by atoms with Gasteiger partial charge in [-0.25, -0.2) is 6.07 Å². The summed E-state index contributed by atoms with van der Waals surface area (Å²) >= 11 is 0. The standard InChI is InChI=1S/C20H31Si.3ClH.Ti/c1-5-6-8-13-20(14-9-7-10-15-20)21-18-12-11-17(16-18)19(2,3)4;;;;/h7,9-12,14,16H,5-6,8,13,15,21H2,1-4H3;3*1H;/q-1;;;;+4/p-3. The van der Waals surface area contributed by atoms with Crippen LogP contribution in [0.1, 0.15) is 65.4 Å². The molecule has 0 bridgehead atoms. The second-order valence-corrected chi connectivity index (χ2v) is 10.3. The van der Waals surface area contributed by atoms with Crippen molar-refractivity contribution in [2.24, 2.45) is 0 Å². The summed E-state index contributed by atoms with van der Waals surface area (Å²) in [5.74, 6) is 0. The van der Waals surface area contributed by atoms with Crippen LogP contribution in [0.3, 0.4) is 0 Å². The Balaban J connectivity index is -0.00000121. The molecule has 1 aliphatic carbocycles. The van der Waals surface area contributed by atoms with Crippen molar-refractivity contribution in [1.29, 1.82) is 0 Å². The molecule has 0 saturated heterocycles. The molecule has 5 heteroatoms. The molecule has 1 aromatic carbocycles. The summed E-state index contributed by atoms with van der Waals surface area (Å²) in [6, 6.07) is 7.24. The summed E-state index contributed by atoms with van der Waals surface area (Å²) in [6.45, 7) is 9.24. The van der Waals surface area contributed by atoms with Crippen molar-refractivity contribution >= 4 is 14.7 Å². The van der Waals surface area contributed by atoms with E-state index >= 15 is 0 Å². The van der Waals surface area contributed by atoms with E-state index in [-0.39, 0.29) is 73.9 Å². The van der Waals surface area contributed by atoms with Gasteiger partial charge in [-0.1, -0.05) is 76.7 Å². The number of hydrogen-bond donors (Lipinski definition) is 0. The van der Waals surface area contributed by atoms with Crippen LogP contribution in [0.25, 0.3) is 0 Å². The Bertz CT molecular complexity index is 517. The van der Waals surface area contributed by atoms with Gasteiger partial charge in [0.2, 0.25) is 0 Å². The fraction of sp³-hybridized carbons (Fsp3) is 0.550. The SMILES string of the molecule is CCCCCC1([SiH2][c-]2ccc(C(C)(C)C)c2)C=CC=CC1.[Cl-].[Cl-].[Cl-].[Ti+4]. The Morgan fingerprint density at radius 3 is 2.28 bits per heavy atom. The van der Waals surface area contributed by atoms with Crippen LogP contribution in [0, 0.1) is 0 Å². The minimum atomic E-state index is -0.267. The Labute approximate surface area is 191 Å². The molecule has 1 aliphatic rings. The first-order chi connectivity index (χ1) is 9.95. The molecule has 140 valence electrons. The third-order valence-electron chi connectivity index (χ3n) is 4.74. The number of hydrogen-bond acceptors (Lipinski definition) is 0. The van der Waals surface area contributed by atoms with Crippen molar-refractivity contribution in [2.75, 3.05) is 0 Å². The molecule has 0 amide bonds. The maximum Gasteiger partial charge on any atom is 4.00 e. The molecule has 0 aromatic heterocycles. The topological polar surface area (TPSA) is 0 Å². The molecule has 1 atom stereocenters. The van der Waals surface area contributed by atoms with E-state index in [1.807, 2.05) is 0 Å². The molecule has 0 radical (unpaired) electrons. The van der Waals surface area contributed by atoms with E-state index in [9.17, 15) is 0 Å². The second kappa shape index (κ2) is 13.7. The van der Waals surface area contributed by atoms with E-state index in [0.29, 0.717) is 5.04 Å². The largest absolute Gasteiger partial charge is 4.00 e. The zero-order chi connectivity index (χ0) is 15.3. The molecule has 1 aromatic rings. The molecular weight excluding hydrogens is 423 g/mol. The van der Waals surface area contributed by atoms with Gasteiger partial charge in [0.05, 0.1) is 0 Å². The first kappa shape index (κ1) is 30.4. The maximum absolute atomic E-state index is 2.53. The van der Waals surface area contributed by atoms with E-state index in [1.54, 1.807) is 5.19 Å². The molecule has 1 unspecified atom stereocenters. The number of rotatable bonds is 6. The third kappa shape index (κ3) is 9.40. The van der Waals surface area contributed by atoms with Crippen molar-refractivity contribution in [1.82, 2.24) is 0 Å². The van der Waals surface area contributed by atoms with Crippen LogP contribution in [-0.4, -0.2) is 9.52 Å². The van der Waals surface area contributed by atoms with Gasteiger partial charge in [-0.2, -0.15) is 22.9 Å². The van der Waals surface area contributed by atoms with E-state index in [4.69, 9.17) is 0 Å². The molecule has 2 rings (SSSR count). The molecule has 0 fully saturated rings.